The van der Waals surface area contributed by atoms with E-state index in [-0.39, 0.29) is 5.82 Å². The minimum atomic E-state index is -0.410. The fraction of sp³-hybridized carbons (Fsp3) is 0.450. The molecule has 26 heavy (non-hydrogen) atoms. The van der Waals surface area contributed by atoms with Crippen molar-refractivity contribution in [2.75, 3.05) is 6.54 Å². The number of aromatic nitrogens is 3. The summed E-state index contributed by atoms with van der Waals surface area (Å²) in [6, 6.07) is 6.95. The van der Waals surface area contributed by atoms with E-state index in [1.165, 1.54) is 6.07 Å². The second kappa shape index (κ2) is 5.93. The van der Waals surface area contributed by atoms with Crippen molar-refractivity contribution in [2.24, 2.45) is 5.92 Å². The van der Waals surface area contributed by atoms with Gasteiger partial charge < -0.3 is 10.1 Å². The molecule has 3 heterocycles. The smallest absolute Gasteiger partial charge is 0.123 e. The van der Waals surface area contributed by atoms with Crippen LogP contribution >= 0.6 is 0 Å². The van der Waals surface area contributed by atoms with Crippen molar-refractivity contribution in [1.82, 2.24) is 19.7 Å². The molecule has 136 valence electrons. The number of rotatable bonds is 4. The summed E-state index contributed by atoms with van der Waals surface area (Å²) in [6.45, 7) is 5.41. The second-order valence-electron chi connectivity index (χ2n) is 7.70. The lowest BCUT2D eigenvalue weighted by Crippen LogP contribution is -2.33. The molecule has 0 radical (unpaired) electrons. The van der Waals surface area contributed by atoms with E-state index < -0.39 is 6.10 Å². The molecule has 1 fully saturated rings. The summed E-state index contributed by atoms with van der Waals surface area (Å²) in [5.74, 6) is 0.201. The fourth-order valence-corrected chi connectivity index (χ4v) is 4.01. The van der Waals surface area contributed by atoms with E-state index in [0.29, 0.717) is 5.92 Å². The van der Waals surface area contributed by atoms with Crippen molar-refractivity contribution in [3.8, 4) is 0 Å². The maximum absolute atomic E-state index is 13.5. The number of nitrogens with one attached hydrogen (secondary N) is 1. The minimum Gasteiger partial charge on any atom is -0.386 e. The molecule has 0 saturated heterocycles. The number of hydrogen-bond acceptors (Lipinski definition) is 3. The van der Waals surface area contributed by atoms with Crippen LogP contribution < -0.4 is 0 Å². The van der Waals surface area contributed by atoms with Crippen molar-refractivity contribution < 1.29 is 9.50 Å². The van der Waals surface area contributed by atoms with E-state index in [1.807, 2.05) is 11.6 Å². The van der Waals surface area contributed by atoms with Crippen LogP contribution in [0.4, 0.5) is 4.39 Å². The molecule has 6 heteroatoms. The molecule has 0 amide bonds. The monoisotopic (exact) mass is 354 g/mol. The first-order valence-corrected chi connectivity index (χ1v) is 9.32. The van der Waals surface area contributed by atoms with Crippen LogP contribution in [-0.4, -0.2) is 31.3 Å². The highest BCUT2D eigenvalue weighted by Gasteiger charge is 2.33. The van der Waals surface area contributed by atoms with E-state index >= 15 is 0 Å². The zero-order valence-corrected chi connectivity index (χ0v) is 14.9. The summed E-state index contributed by atoms with van der Waals surface area (Å²) < 4.78 is 15.6. The van der Waals surface area contributed by atoms with E-state index in [9.17, 15) is 9.50 Å². The first-order chi connectivity index (χ1) is 12.6. The van der Waals surface area contributed by atoms with Crippen molar-refractivity contribution in [1.29, 1.82) is 0 Å². The van der Waals surface area contributed by atoms with Gasteiger partial charge in [0.15, 0.2) is 0 Å². The Bertz CT molecular complexity index is 972. The predicted molar refractivity (Wildman–Crippen MR) is 97.0 cm³/mol. The Kier molecular flexibility index (Phi) is 3.65. The van der Waals surface area contributed by atoms with Crippen LogP contribution in [-0.2, 0) is 19.6 Å². The highest BCUT2D eigenvalue weighted by molar-refractivity contribution is 5.84. The SMILES string of the molecule is Cc1c(CN2CCn3nc([C@@H](O)C4CC4)cc3C2)[nH]c2ccc(F)cc12. The van der Waals surface area contributed by atoms with Crippen LogP contribution in [0.25, 0.3) is 10.9 Å². The first kappa shape index (κ1) is 16.0. The molecule has 0 bridgehead atoms. The van der Waals surface area contributed by atoms with Gasteiger partial charge >= 0.3 is 0 Å². The van der Waals surface area contributed by atoms with Crippen LogP contribution in [0.5, 0.6) is 0 Å². The molecule has 0 unspecified atom stereocenters. The van der Waals surface area contributed by atoms with Crippen molar-refractivity contribution in [3.05, 3.63) is 52.7 Å². The van der Waals surface area contributed by atoms with E-state index in [1.54, 1.807) is 12.1 Å². The Morgan fingerprint density at radius 3 is 2.96 bits per heavy atom. The third kappa shape index (κ3) is 2.73. The number of aryl methyl sites for hydroxylation is 1. The molecular weight excluding hydrogens is 331 g/mol. The summed E-state index contributed by atoms with van der Waals surface area (Å²) in [5.41, 5.74) is 5.21. The maximum Gasteiger partial charge on any atom is 0.123 e. The fourth-order valence-electron chi connectivity index (χ4n) is 4.01. The van der Waals surface area contributed by atoms with Gasteiger partial charge in [0, 0.05) is 36.2 Å². The molecule has 1 saturated carbocycles. The van der Waals surface area contributed by atoms with Gasteiger partial charge in [-0.25, -0.2) is 4.39 Å². The van der Waals surface area contributed by atoms with Gasteiger partial charge in [-0.05, 0) is 55.5 Å². The first-order valence-electron chi connectivity index (χ1n) is 9.32. The standard InChI is InChI=1S/C20H23FN4O/c1-12-16-8-14(21)4-5-17(16)22-19(12)11-24-6-7-25-15(10-24)9-18(23-25)20(26)13-2-3-13/h4-5,8-9,13,20,22,26H,2-3,6-7,10-11H2,1H3/t20-/m0/s1. The van der Waals surface area contributed by atoms with Crippen molar-refractivity contribution in [3.63, 3.8) is 0 Å². The summed E-state index contributed by atoms with van der Waals surface area (Å²) in [6.07, 6.45) is 1.80. The van der Waals surface area contributed by atoms with Gasteiger partial charge in [0.1, 0.15) is 11.9 Å². The summed E-state index contributed by atoms with van der Waals surface area (Å²) in [7, 11) is 0. The molecular formula is C20H23FN4O. The number of H-pyrrole nitrogens is 1. The van der Waals surface area contributed by atoms with Gasteiger partial charge in [0.05, 0.1) is 17.9 Å². The highest BCUT2D eigenvalue weighted by Crippen LogP contribution is 2.40. The Morgan fingerprint density at radius 2 is 2.15 bits per heavy atom. The molecule has 5 rings (SSSR count). The Morgan fingerprint density at radius 1 is 1.31 bits per heavy atom. The van der Waals surface area contributed by atoms with Crippen LogP contribution in [0, 0.1) is 18.7 Å². The Balaban J connectivity index is 1.35. The average molecular weight is 354 g/mol. The largest absolute Gasteiger partial charge is 0.386 e. The van der Waals surface area contributed by atoms with Gasteiger partial charge in [-0.1, -0.05) is 0 Å². The lowest BCUT2D eigenvalue weighted by atomic mass is 10.1. The Labute approximate surface area is 151 Å². The molecule has 1 atom stereocenters. The predicted octanol–water partition coefficient (Wildman–Crippen LogP) is 3.27. The number of nitrogens with zero attached hydrogens (tertiary/aromatic N) is 3. The van der Waals surface area contributed by atoms with E-state index in [4.69, 9.17) is 0 Å². The molecule has 3 aromatic rings. The van der Waals surface area contributed by atoms with E-state index in [2.05, 4.69) is 21.0 Å². The molecule has 2 N–H and O–H groups in total. The van der Waals surface area contributed by atoms with Gasteiger partial charge in [0.2, 0.25) is 0 Å². The molecule has 5 nitrogen and oxygen atoms in total. The average Bonchev–Trinajstić information content (AvgIpc) is 3.33. The normalized spacial score (nSPS) is 19.0. The molecule has 1 aliphatic heterocycles. The van der Waals surface area contributed by atoms with Crippen LogP contribution in [0.15, 0.2) is 24.3 Å². The number of aliphatic hydroxyl groups excluding tert-OH is 1. The highest BCUT2D eigenvalue weighted by atomic mass is 19.1. The third-order valence-electron chi connectivity index (χ3n) is 5.77. The molecule has 0 spiro atoms. The zero-order chi connectivity index (χ0) is 17.8. The lowest BCUT2D eigenvalue weighted by molar-refractivity contribution is 0.147. The van der Waals surface area contributed by atoms with Crippen LogP contribution in [0.3, 0.4) is 0 Å². The third-order valence-corrected chi connectivity index (χ3v) is 5.77. The van der Waals surface area contributed by atoms with E-state index in [0.717, 1.165) is 72.6 Å². The number of aromatic amines is 1. The van der Waals surface area contributed by atoms with Crippen LogP contribution in [0.1, 0.15) is 41.6 Å². The van der Waals surface area contributed by atoms with Gasteiger partial charge in [-0.15, -0.1) is 0 Å². The number of aliphatic hydroxyl groups is 1. The van der Waals surface area contributed by atoms with Gasteiger partial charge in [0.25, 0.3) is 0 Å². The minimum absolute atomic E-state index is 0.199. The molecule has 2 aromatic heterocycles. The summed E-state index contributed by atoms with van der Waals surface area (Å²) in [5, 5.41) is 15.9. The zero-order valence-electron chi connectivity index (χ0n) is 14.9. The number of halogens is 1. The second-order valence-corrected chi connectivity index (χ2v) is 7.70. The van der Waals surface area contributed by atoms with Crippen LogP contribution in [0.2, 0.25) is 0 Å². The number of benzene rings is 1. The topological polar surface area (TPSA) is 57.1 Å². The van der Waals surface area contributed by atoms with Gasteiger partial charge in [-0.2, -0.15) is 5.10 Å². The van der Waals surface area contributed by atoms with Crippen molar-refractivity contribution in [2.45, 2.75) is 45.5 Å². The quantitative estimate of drug-likeness (QED) is 0.756. The number of hydrogen-bond donors (Lipinski definition) is 2. The lowest BCUT2D eigenvalue weighted by Gasteiger charge is -2.27. The van der Waals surface area contributed by atoms with Gasteiger partial charge in [-0.3, -0.25) is 9.58 Å². The maximum atomic E-state index is 13.5. The summed E-state index contributed by atoms with van der Waals surface area (Å²) >= 11 is 0. The molecule has 2 aliphatic rings. The Hall–Kier alpha value is -2.18. The molecule has 1 aliphatic carbocycles. The summed E-state index contributed by atoms with van der Waals surface area (Å²) in [4.78, 5) is 5.81. The number of fused-ring (bicyclic) bond motifs is 2. The molecule has 1 aromatic carbocycles. The van der Waals surface area contributed by atoms with Crippen molar-refractivity contribution >= 4 is 10.9 Å².